The lowest BCUT2D eigenvalue weighted by molar-refractivity contribution is -0.126. The largest absolute Gasteiger partial charge is 0.372 e. The number of anilines is 1. The highest BCUT2D eigenvalue weighted by atomic mass is 32.1. The lowest BCUT2D eigenvalue weighted by Crippen LogP contribution is -2.53. The van der Waals surface area contributed by atoms with Crippen molar-refractivity contribution in [1.82, 2.24) is 14.8 Å². The fraction of sp³-hybridized carbons (Fsp3) is 0.500. The third-order valence-electron chi connectivity index (χ3n) is 6.77. The molecule has 3 aromatic rings. The lowest BCUT2D eigenvalue weighted by Gasteiger charge is -2.35. The number of benzene rings is 1. The predicted octanol–water partition coefficient (Wildman–Crippen LogP) is 8.65. The molecule has 0 atom stereocenters. The van der Waals surface area contributed by atoms with E-state index >= 15 is 0 Å². The first kappa shape index (κ1) is 29.9. The number of thiazole rings is 1. The molecule has 8 nitrogen and oxygen atoms in total. The number of carbonyl (C=O) groups is 2. The van der Waals surface area contributed by atoms with Crippen molar-refractivity contribution in [1.29, 1.82) is 0 Å². The topological polar surface area (TPSA) is 81.5 Å². The maximum Gasteiger partial charge on any atom is 0.327 e. The number of hydrogen-bond acceptors (Lipinski definition) is 8. The van der Waals surface area contributed by atoms with Crippen molar-refractivity contribution in [2.45, 2.75) is 66.2 Å². The van der Waals surface area contributed by atoms with Crippen LogP contribution in [0.5, 0.6) is 0 Å². The average Bonchev–Trinajstić information content (AvgIpc) is 3.51. The highest BCUT2D eigenvalue weighted by molar-refractivity contribution is 7.29. The van der Waals surface area contributed by atoms with Gasteiger partial charge < -0.3 is 9.80 Å². The summed E-state index contributed by atoms with van der Waals surface area (Å²) in [4.78, 5) is 37.8. The fourth-order valence-corrected chi connectivity index (χ4v) is 6.68. The van der Waals surface area contributed by atoms with E-state index in [0.29, 0.717) is 30.3 Å². The van der Waals surface area contributed by atoms with Gasteiger partial charge in [0.1, 0.15) is 4.83 Å². The van der Waals surface area contributed by atoms with Crippen LogP contribution in [0.15, 0.2) is 46.1 Å². The van der Waals surface area contributed by atoms with Crippen LogP contribution in [-0.4, -0.2) is 59.4 Å². The minimum Gasteiger partial charge on any atom is -0.372 e. The molecule has 10 heteroatoms. The van der Waals surface area contributed by atoms with Crippen LogP contribution < -0.4 is 4.90 Å². The summed E-state index contributed by atoms with van der Waals surface area (Å²) in [7, 11) is 0. The molecular weight excluding hydrogens is 541 g/mol. The Morgan fingerprint density at radius 2 is 1.62 bits per heavy atom. The van der Waals surface area contributed by atoms with Crippen LogP contribution in [0.4, 0.5) is 21.3 Å². The van der Waals surface area contributed by atoms with Gasteiger partial charge in [-0.25, -0.2) is 9.78 Å². The third kappa shape index (κ3) is 7.34. The number of thiophene rings is 1. The second-order valence-corrected chi connectivity index (χ2v) is 12.1. The number of carbonyl (C=O) groups excluding carboxylic acids is 2. The van der Waals surface area contributed by atoms with E-state index in [1.165, 1.54) is 58.9 Å². The van der Waals surface area contributed by atoms with E-state index in [1.54, 1.807) is 4.90 Å². The highest BCUT2D eigenvalue weighted by Gasteiger charge is 2.34. The number of urea groups is 1. The minimum atomic E-state index is -0.191. The number of nitrogens with zero attached hydrogens (tertiary/aromatic N) is 6. The van der Waals surface area contributed by atoms with E-state index < -0.39 is 0 Å². The molecule has 0 unspecified atom stereocenters. The molecule has 214 valence electrons. The van der Waals surface area contributed by atoms with Crippen LogP contribution in [0.3, 0.4) is 0 Å². The van der Waals surface area contributed by atoms with Gasteiger partial charge in [-0.1, -0.05) is 51.9 Å². The van der Waals surface area contributed by atoms with Crippen molar-refractivity contribution < 1.29 is 9.59 Å². The van der Waals surface area contributed by atoms with Crippen molar-refractivity contribution in [3.8, 4) is 0 Å². The SMILES string of the molecule is CCCCN(CCCC)c1ccc(/N=N/c2nc3sc(/C=C4/CN(CCC)C(=O)N(CCC)C4=O)cc3s2)cc1. The number of hydrogen-bond donors (Lipinski definition) is 0. The quantitative estimate of drug-likeness (QED) is 0.141. The molecule has 0 radical (unpaired) electrons. The Morgan fingerprint density at radius 1 is 0.925 bits per heavy atom. The monoisotopic (exact) mass is 580 g/mol. The average molecular weight is 581 g/mol. The molecule has 1 fully saturated rings. The molecule has 2 aromatic heterocycles. The predicted molar refractivity (Wildman–Crippen MR) is 167 cm³/mol. The van der Waals surface area contributed by atoms with Gasteiger partial charge in [-0.2, -0.15) is 0 Å². The summed E-state index contributed by atoms with van der Waals surface area (Å²) in [6.07, 6.45) is 8.25. The molecule has 40 heavy (non-hydrogen) atoms. The number of azo groups is 1. The summed E-state index contributed by atoms with van der Waals surface area (Å²) in [5, 5.41) is 9.42. The molecule has 0 bridgehead atoms. The Hall–Kier alpha value is -3.11. The van der Waals surface area contributed by atoms with Gasteiger partial charge in [-0.15, -0.1) is 21.6 Å². The molecule has 0 saturated carbocycles. The third-order valence-corrected chi connectivity index (χ3v) is 8.76. The number of rotatable bonds is 14. The van der Waals surface area contributed by atoms with E-state index in [-0.39, 0.29) is 11.9 Å². The zero-order valence-electron chi connectivity index (χ0n) is 24.1. The van der Waals surface area contributed by atoms with Gasteiger partial charge in [0.15, 0.2) is 0 Å². The summed E-state index contributed by atoms with van der Waals surface area (Å²) in [6, 6.07) is 10.1. The molecule has 1 aliphatic heterocycles. The Balaban J connectivity index is 1.45. The van der Waals surface area contributed by atoms with Gasteiger partial charge in [-0.3, -0.25) is 9.69 Å². The van der Waals surface area contributed by atoms with Crippen LogP contribution in [0.25, 0.3) is 15.6 Å². The number of aromatic nitrogens is 1. The zero-order valence-corrected chi connectivity index (χ0v) is 25.7. The molecule has 0 aliphatic carbocycles. The van der Waals surface area contributed by atoms with Crippen molar-refractivity contribution in [3.05, 3.63) is 40.8 Å². The maximum absolute atomic E-state index is 13.0. The highest BCUT2D eigenvalue weighted by Crippen LogP contribution is 2.36. The normalized spacial score (nSPS) is 15.3. The van der Waals surface area contributed by atoms with Gasteiger partial charge in [0.05, 0.1) is 16.9 Å². The smallest absolute Gasteiger partial charge is 0.327 e. The van der Waals surface area contributed by atoms with E-state index in [1.807, 2.05) is 38.1 Å². The van der Waals surface area contributed by atoms with Gasteiger partial charge in [0.25, 0.3) is 5.91 Å². The van der Waals surface area contributed by atoms with Gasteiger partial charge in [0.2, 0.25) is 5.13 Å². The van der Waals surface area contributed by atoms with Gasteiger partial charge in [0, 0.05) is 42.3 Å². The Kier molecular flexibility index (Phi) is 10.8. The summed E-state index contributed by atoms with van der Waals surface area (Å²) < 4.78 is 1.01. The molecule has 4 rings (SSSR count). The Bertz CT molecular complexity index is 1300. The van der Waals surface area contributed by atoms with Crippen LogP contribution >= 0.6 is 22.7 Å². The standard InChI is InChI=1S/C30H40N6O2S2/c1-5-9-17-34(18-10-6-2)24-13-11-23(12-14-24)32-33-29-31-27-26(40-29)20-25(39-27)19-22-21-35(15-7-3)30(38)36(16-8-4)28(22)37/h11-14,19-20H,5-10,15-18,21H2,1-4H3/b22-19-,33-32+. The van der Waals surface area contributed by atoms with Crippen LogP contribution in [0.2, 0.25) is 0 Å². The van der Waals surface area contributed by atoms with Crippen molar-refractivity contribution in [2.24, 2.45) is 10.2 Å². The first-order valence-electron chi connectivity index (χ1n) is 14.5. The van der Waals surface area contributed by atoms with Gasteiger partial charge >= 0.3 is 6.03 Å². The van der Waals surface area contributed by atoms with E-state index in [9.17, 15) is 9.59 Å². The van der Waals surface area contributed by atoms with E-state index in [4.69, 9.17) is 0 Å². The van der Waals surface area contributed by atoms with Crippen LogP contribution in [0, 0.1) is 0 Å². The number of amides is 3. The summed E-state index contributed by atoms with van der Waals surface area (Å²) in [5.74, 6) is -0.191. The van der Waals surface area contributed by atoms with Crippen molar-refractivity contribution in [2.75, 3.05) is 37.6 Å². The number of imide groups is 1. The fourth-order valence-electron chi connectivity index (χ4n) is 4.67. The molecule has 0 N–H and O–H groups in total. The molecule has 1 aliphatic rings. The first-order chi connectivity index (χ1) is 19.5. The Morgan fingerprint density at radius 3 is 2.25 bits per heavy atom. The van der Waals surface area contributed by atoms with Crippen LogP contribution in [-0.2, 0) is 4.79 Å². The maximum atomic E-state index is 13.0. The van der Waals surface area contributed by atoms with Crippen molar-refractivity contribution >= 4 is 66.7 Å². The molecular formula is C30H40N6O2S2. The second kappa shape index (κ2) is 14.5. The zero-order chi connectivity index (χ0) is 28.5. The Labute approximate surface area is 245 Å². The lowest BCUT2D eigenvalue weighted by atomic mass is 10.1. The summed E-state index contributed by atoms with van der Waals surface area (Å²) in [6.45, 7) is 12.0. The number of unbranched alkanes of at least 4 members (excludes halogenated alkanes) is 2. The minimum absolute atomic E-state index is 0.186. The number of fused-ring (bicyclic) bond motifs is 1. The van der Waals surface area contributed by atoms with E-state index in [2.05, 4.69) is 46.1 Å². The van der Waals surface area contributed by atoms with Crippen molar-refractivity contribution in [3.63, 3.8) is 0 Å². The molecule has 1 aromatic carbocycles. The van der Waals surface area contributed by atoms with E-state index in [0.717, 1.165) is 46.0 Å². The second-order valence-electron chi connectivity index (χ2n) is 10.1. The molecule has 3 amide bonds. The summed E-state index contributed by atoms with van der Waals surface area (Å²) >= 11 is 3.01. The molecule has 1 saturated heterocycles. The first-order valence-corrected chi connectivity index (χ1v) is 16.1. The van der Waals surface area contributed by atoms with Gasteiger partial charge in [-0.05, 0) is 62.1 Å². The molecule has 0 spiro atoms. The van der Waals surface area contributed by atoms with Crippen LogP contribution in [0.1, 0.15) is 71.1 Å². The molecule has 3 heterocycles. The summed E-state index contributed by atoms with van der Waals surface area (Å²) in [5.41, 5.74) is 2.67.